The molecular formula is C12H15ClN2O4. The van der Waals surface area contributed by atoms with Crippen molar-refractivity contribution in [3.63, 3.8) is 0 Å². The minimum atomic E-state index is -1.02. The maximum Gasteiger partial charge on any atom is 0.320 e. The molecule has 0 saturated heterocycles. The van der Waals surface area contributed by atoms with Gasteiger partial charge in [0.1, 0.15) is 11.8 Å². The van der Waals surface area contributed by atoms with Crippen molar-refractivity contribution in [1.29, 1.82) is 0 Å². The SMILES string of the molecule is COc1ccc(Cl)cc1NC(=O)CN[C@@H](C)C(=O)O. The van der Waals surface area contributed by atoms with Gasteiger partial charge in [0.05, 0.1) is 19.3 Å². The minimum absolute atomic E-state index is 0.122. The van der Waals surface area contributed by atoms with Crippen LogP contribution in [0.1, 0.15) is 6.92 Å². The van der Waals surface area contributed by atoms with Crippen LogP contribution in [0.25, 0.3) is 0 Å². The summed E-state index contributed by atoms with van der Waals surface area (Å²) < 4.78 is 5.08. The molecule has 0 spiro atoms. The summed E-state index contributed by atoms with van der Waals surface area (Å²) in [6, 6.07) is 4.03. The number of hydrogen-bond acceptors (Lipinski definition) is 4. The highest BCUT2D eigenvalue weighted by atomic mass is 35.5. The minimum Gasteiger partial charge on any atom is -0.495 e. The van der Waals surface area contributed by atoms with E-state index < -0.39 is 12.0 Å². The Morgan fingerprint density at radius 1 is 1.47 bits per heavy atom. The van der Waals surface area contributed by atoms with Crippen molar-refractivity contribution < 1.29 is 19.4 Å². The molecule has 0 aliphatic heterocycles. The first kappa shape index (κ1) is 15.3. The van der Waals surface area contributed by atoms with Crippen molar-refractivity contribution in [3.8, 4) is 5.75 Å². The van der Waals surface area contributed by atoms with Crippen LogP contribution in [0.5, 0.6) is 5.75 Å². The van der Waals surface area contributed by atoms with Gasteiger partial charge in [-0.3, -0.25) is 14.9 Å². The topological polar surface area (TPSA) is 87.7 Å². The van der Waals surface area contributed by atoms with Crippen molar-refractivity contribution >= 4 is 29.2 Å². The normalized spacial score (nSPS) is 11.7. The summed E-state index contributed by atoms with van der Waals surface area (Å²) in [7, 11) is 1.48. The predicted octanol–water partition coefficient (Wildman–Crippen LogP) is 1.35. The summed E-state index contributed by atoms with van der Waals surface area (Å²) in [6.45, 7) is 1.33. The first-order chi connectivity index (χ1) is 8.93. The van der Waals surface area contributed by atoms with Crippen LogP contribution in [0, 0.1) is 0 Å². The molecule has 1 rings (SSSR count). The zero-order valence-electron chi connectivity index (χ0n) is 10.6. The number of carbonyl (C=O) groups excluding carboxylic acids is 1. The summed E-state index contributed by atoms with van der Waals surface area (Å²) in [4.78, 5) is 22.2. The molecule has 1 atom stereocenters. The van der Waals surface area contributed by atoms with Gasteiger partial charge in [0.15, 0.2) is 0 Å². The van der Waals surface area contributed by atoms with Crippen molar-refractivity contribution in [3.05, 3.63) is 23.2 Å². The summed E-state index contributed by atoms with van der Waals surface area (Å²) in [5, 5.41) is 14.3. The Balaban J connectivity index is 2.62. The number of halogens is 1. The second kappa shape index (κ2) is 6.96. The predicted molar refractivity (Wildman–Crippen MR) is 71.7 cm³/mol. The monoisotopic (exact) mass is 286 g/mol. The van der Waals surface area contributed by atoms with Gasteiger partial charge in [-0.05, 0) is 25.1 Å². The highest BCUT2D eigenvalue weighted by Gasteiger charge is 2.13. The molecule has 104 valence electrons. The van der Waals surface area contributed by atoms with Crippen LogP contribution in [0.15, 0.2) is 18.2 Å². The van der Waals surface area contributed by atoms with E-state index in [9.17, 15) is 9.59 Å². The van der Waals surface area contributed by atoms with E-state index in [1.807, 2.05) is 0 Å². The molecule has 0 unspecified atom stereocenters. The Morgan fingerprint density at radius 2 is 2.16 bits per heavy atom. The van der Waals surface area contributed by atoms with Crippen LogP contribution in [0.4, 0.5) is 5.69 Å². The van der Waals surface area contributed by atoms with Crippen LogP contribution >= 0.6 is 11.6 Å². The third-order valence-electron chi connectivity index (χ3n) is 2.37. The number of carbonyl (C=O) groups is 2. The molecular weight excluding hydrogens is 272 g/mol. The third kappa shape index (κ3) is 4.76. The number of hydrogen-bond donors (Lipinski definition) is 3. The highest BCUT2D eigenvalue weighted by molar-refractivity contribution is 6.31. The molecule has 0 aliphatic rings. The molecule has 0 saturated carbocycles. The van der Waals surface area contributed by atoms with Crippen molar-refractivity contribution in [2.45, 2.75) is 13.0 Å². The number of carboxylic acids is 1. The fourth-order valence-corrected chi connectivity index (χ4v) is 1.48. The number of aliphatic carboxylic acids is 1. The summed E-state index contributed by atoms with van der Waals surface area (Å²) in [5.74, 6) is -0.925. The zero-order valence-corrected chi connectivity index (χ0v) is 11.3. The molecule has 0 aromatic heterocycles. The lowest BCUT2D eigenvalue weighted by atomic mass is 10.3. The van der Waals surface area contributed by atoms with Crippen LogP contribution < -0.4 is 15.4 Å². The molecule has 0 bridgehead atoms. The summed E-state index contributed by atoms with van der Waals surface area (Å²) >= 11 is 5.83. The fraction of sp³-hybridized carbons (Fsp3) is 0.333. The first-order valence-corrected chi connectivity index (χ1v) is 5.91. The number of ether oxygens (including phenoxy) is 1. The lowest BCUT2D eigenvalue weighted by molar-refractivity contribution is -0.139. The van der Waals surface area contributed by atoms with Crippen LogP contribution in [-0.2, 0) is 9.59 Å². The molecule has 1 aromatic carbocycles. The van der Waals surface area contributed by atoms with E-state index in [4.69, 9.17) is 21.4 Å². The molecule has 0 aliphatic carbocycles. The molecule has 6 nitrogen and oxygen atoms in total. The number of amides is 1. The van der Waals surface area contributed by atoms with Gasteiger partial charge in [-0.1, -0.05) is 11.6 Å². The number of nitrogens with one attached hydrogen (secondary N) is 2. The average molecular weight is 287 g/mol. The number of rotatable bonds is 6. The van der Waals surface area contributed by atoms with E-state index in [-0.39, 0.29) is 12.5 Å². The molecule has 0 heterocycles. The van der Waals surface area contributed by atoms with E-state index in [1.165, 1.54) is 14.0 Å². The van der Waals surface area contributed by atoms with Crippen molar-refractivity contribution in [1.82, 2.24) is 5.32 Å². The Kier molecular flexibility index (Phi) is 5.59. The van der Waals surface area contributed by atoms with E-state index in [0.717, 1.165) is 0 Å². The van der Waals surface area contributed by atoms with E-state index in [2.05, 4.69) is 10.6 Å². The third-order valence-corrected chi connectivity index (χ3v) is 2.61. The van der Waals surface area contributed by atoms with Crippen LogP contribution in [-0.4, -0.2) is 36.7 Å². The maximum atomic E-state index is 11.7. The van der Waals surface area contributed by atoms with Crippen LogP contribution in [0.2, 0.25) is 5.02 Å². The molecule has 0 fully saturated rings. The Hall–Kier alpha value is -1.79. The largest absolute Gasteiger partial charge is 0.495 e. The van der Waals surface area contributed by atoms with Gasteiger partial charge < -0.3 is 15.2 Å². The molecule has 1 amide bonds. The maximum absolute atomic E-state index is 11.7. The number of carboxylic acid groups (broad SMARTS) is 1. The Bertz CT molecular complexity index is 479. The molecule has 1 aromatic rings. The quantitative estimate of drug-likeness (QED) is 0.735. The molecule has 0 radical (unpaired) electrons. The van der Waals surface area contributed by atoms with Crippen LogP contribution in [0.3, 0.4) is 0 Å². The van der Waals surface area contributed by atoms with Gasteiger partial charge in [0.2, 0.25) is 5.91 Å². The van der Waals surface area contributed by atoms with Gasteiger partial charge >= 0.3 is 5.97 Å². The first-order valence-electron chi connectivity index (χ1n) is 5.53. The molecule has 19 heavy (non-hydrogen) atoms. The van der Waals surface area contributed by atoms with Gasteiger partial charge in [-0.2, -0.15) is 0 Å². The van der Waals surface area contributed by atoms with E-state index in [0.29, 0.717) is 16.5 Å². The van der Waals surface area contributed by atoms with Crippen molar-refractivity contribution in [2.75, 3.05) is 19.0 Å². The Morgan fingerprint density at radius 3 is 2.74 bits per heavy atom. The van der Waals surface area contributed by atoms with Gasteiger partial charge in [-0.15, -0.1) is 0 Å². The summed E-state index contributed by atoms with van der Waals surface area (Å²) in [6.07, 6.45) is 0. The standard InChI is InChI=1S/C12H15ClN2O4/c1-7(12(17)18)14-6-11(16)15-9-5-8(13)3-4-10(9)19-2/h3-5,7,14H,6H2,1-2H3,(H,15,16)(H,17,18)/t7-/m0/s1. The van der Waals surface area contributed by atoms with Gasteiger partial charge in [0, 0.05) is 5.02 Å². The second-order valence-corrected chi connectivity index (χ2v) is 4.27. The van der Waals surface area contributed by atoms with Gasteiger partial charge in [0.25, 0.3) is 0 Å². The second-order valence-electron chi connectivity index (χ2n) is 3.83. The Labute approximate surface area is 115 Å². The number of methoxy groups -OCH3 is 1. The fourth-order valence-electron chi connectivity index (χ4n) is 1.31. The zero-order chi connectivity index (χ0) is 14.4. The summed E-state index contributed by atoms with van der Waals surface area (Å²) in [5.41, 5.74) is 0.435. The average Bonchev–Trinajstić information content (AvgIpc) is 2.36. The highest BCUT2D eigenvalue weighted by Crippen LogP contribution is 2.27. The van der Waals surface area contributed by atoms with E-state index in [1.54, 1.807) is 18.2 Å². The molecule has 3 N–H and O–H groups in total. The number of benzene rings is 1. The van der Waals surface area contributed by atoms with Crippen molar-refractivity contribution in [2.24, 2.45) is 0 Å². The number of anilines is 1. The lowest BCUT2D eigenvalue weighted by Crippen LogP contribution is -2.39. The lowest BCUT2D eigenvalue weighted by Gasteiger charge is -2.12. The van der Waals surface area contributed by atoms with E-state index >= 15 is 0 Å². The smallest absolute Gasteiger partial charge is 0.320 e. The van der Waals surface area contributed by atoms with Gasteiger partial charge in [-0.25, -0.2) is 0 Å². The molecule has 7 heteroatoms.